The molecule has 0 amide bonds. The predicted molar refractivity (Wildman–Crippen MR) is 150 cm³/mol. The van der Waals surface area contributed by atoms with Crippen molar-refractivity contribution in [2.45, 2.75) is 6.92 Å². The fourth-order valence-electron chi connectivity index (χ4n) is 4.35. The molecular weight excluding hydrogens is 480 g/mol. The van der Waals surface area contributed by atoms with E-state index in [1.807, 2.05) is 97.9 Å². The Labute approximate surface area is 217 Å². The van der Waals surface area contributed by atoms with Gasteiger partial charge in [0.2, 0.25) is 5.88 Å². The van der Waals surface area contributed by atoms with E-state index in [9.17, 15) is 4.79 Å². The molecule has 3 heterocycles. The van der Waals surface area contributed by atoms with Crippen molar-refractivity contribution in [1.82, 2.24) is 14.5 Å². The molecule has 0 N–H and O–H groups in total. The number of furan rings is 1. The van der Waals surface area contributed by atoms with Crippen LogP contribution in [-0.4, -0.2) is 14.5 Å². The average Bonchev–Trinajstić information content (AvgIpc) is 3.62. The molecule has 6 nitrogen and oxygen atoms in total. The van der Waals surface area contributed by atoms with Crippen molar-refractivity contribution in [3.63, 3.8) is 0 Å². The molecule has 0 spiro atoms. The Morgan fingerprint density at radius 2 is 1.68 bits per heavy atom. The Morgan fingerprint density at radius 1 is 0.919 bits per heavy atom. The third-order valence-electron chi connectivity index (χ3n) is 6.13. The van der Waals surface area contributed by atoms with Crippen LogP contribution in [0.2, 0.25) is 0 Å². The minimum atomic E-state index is -0.129. The molecule has 3 aromatic heterocycles. The summed E-state index contributed by atoms with van der Waals surface area (Å²) in [6, 6.07) is 28.8. The smallest absolute Gasteiger partial charge is 0.266 e. The molecule has 0 aliphatic rings. The molecule has 3 aromatic carbocycles. The third-order valence-corrected chi connectivity index (χ3v) is 7.18. The van der Waals surface area contributed by atoms with Crippen molar-refractivity contribution in [2.24, 2.45) is 0 Å². The van der Waals surface area contributed by atoms with Crippen molar-refractivity contribution >= 4 is 33.3 Å². The third kappa shape index (κ3) is 3.95. The Hall–Kier alpha value is -4.75. The first-order valence-corrected chi connectivity index (χ1v) is 12.6. The second kappa shape index (κ2) is 9.37. The van der Waals surface area contributed by atoms with Gasteiger partial charge in [-0.05, 0) is 36.8 Å². The molecule has 7 heteroatoms. The van der Waals surface area contributed by atoms with Gasteiger partial charge in [0, 0.05) is 17.8 Å². The lowest BCUT2D eigenvalue weighted by Crippen LogP contribution is -2.22. The highest BCUT2D eigenvalue weighted by molar-refractivity contribution is 7.19. The summed E-state index contributed by atoms with van der Waals surface area (Å²) in [4.78, 5) is 26.6. The summed E-state index contributed by atoms with van der Waals surface area (Å²) in [6.07, 6.45) is 3.28. The van der Waals surface area contributed by atoms with Crippen LogP contribution >= 0.6 is 11.3 Å². The van der Waals surface area contributed by atoms with Gasteiger partial charge in [0.1, 0.15) is 4.88 Å². The first-order valence-electron chi connectivity index (χ1n) is 11.8. The Morgan fingerprint density at radius 3 is 2.43 bits per heavy atom. The van der Waals surface area contributed by atoms with Crippen LogP contribution in [0.4, 0.5) is 11.0 Å². The number of hydrogen-bond acceptors (Lipinski definition) is 6. The van der Waals surface area contributed by atoms with Crippen LogP contribution in [0.25, 0.3) is 38.5 Å². The largest absolute Gasteiger partial charge is 0.448 e. The number of para-hydroxylation sites is 2. The molecule has 0 saturated heterocycles. The number of thiazole rings is 1. The van der Waals surface area contributed by atoms with Crippen molar-refractivity contribution in [1.29, 1.82) is 0 Å². The molecule has 6 aromatic rings. The van der Waals surface area contributed by atoms with Crippen LogP contribution < -0.4 is 10.5 Å². The van der Waals surface area contributed by atoms with Gasteiger partial charge in [-0.25, -0.2) is 9.97 Å². The van der Waals surface area contributed by atoms with Crippen LogP contribution in [0.5, 0.6) is 0 Å². The number of nitrogens with zero attached hydrogens (tertiary/aromatic N) is 4. The van der Waals surface area contributed by atoms with Gasteiger partial charge in [-0.2, -0.15) is 0 Å². The van der Waals surface area contributed by atoms with E-state index in [4.69, 9.17) is 14.4 Å². The molecule has 0 radical (unpaired) electrons. The van der Waals surface area contributed by atoms with E-state index in [0.29, 0.717) is 27.7 Å². The van der Waals surface area contributed by atoms with Gasteiger partial charge in [0.25, 0.3) is 5.56 Å². The van der Waals surface area contributed by atoms with E-state index in [2.05, 4.69) is 6.58 Å². The van der Waals surface area contributed by atoms with Gasteiger partial charge >= 0.3 is 0 Å². The van der Waals surface area contributed by atoms with Crippen LogP contribution in [0, 0.1) is 6.92 Å². The van der Waals surface area contributed by atoms with Gasteiger partial charge in [-0.15, -0.1) is 0 Å². The Balaban J connectivity index is 1.70. The maximum absolute atomic E-state index is 14.0. The highest BCUT2D eigenvalue weighted by Gasteiger charge is 2.25. The lowest BCUT2D eigenvalue weighted by atomic mass is 10.1. The van der Waals surface area contributed by atoms with Crippen molar-refractivity contribution in [3.8, 4) is 27.6 Å². The van der Waals surface area contributed by atoms with Gasteiger partial charge < -0.3 is 4.42 Å². The molecular formula is C30H22N4O2S. The van der Waals surface area contributed by atoms with E-state index in [-0.39, 0.29) is 5.56 Å². The monoisotopic (exact) mass is 502 g/mol. The summed E-state index contributed by atoms with van der Waals surface area (Å²) in [5.41, 5.74) is 3.90. The zero-order valence-electron chi connectivity index (χ0n) is 20.0. The Bertz CT molecular complexity index is 1790. The molecule has 0 aliphatic heterocycles. The molecule has 0 bridgehead atoms. The topological polar surface area (TPSA) is 64.2 Å². The molecule has 6 rings (SSSR count). The van der Waals surface area contributed by atoms with Crippen molar-refractivity contribution < 1.29 is 4.42 Å². The van der Waals surface area contributed by atoms with Gasteiger partial charge in [-0.3, -0.25) is 14.3 Å². The summed E-state index contributed by atoms with van der Waals surface area (Å²) in [7, 11) is 0. The summed E-state index contributed by atoms with van der Waals surface area (Å²) in [6.45, 7) is 5.96. The zero-order chi connectivity index (χ0) is 25.4. The standard InChI is InChI=1S/C30H22N4O2S/c1-3-33(25-18-11-19-36-25)30-32-26(21-13-5-4-6-14-21)27(37-30)28-31-23-16-9-8-15-22(23)29(35)34(28)24-17-10-7-12-20(24)2/h3-19H,1H2,2H3. The number of aromatic nitrogens is 3. The first kappa shape index (κ1) is 22.7. The summed E-state index contributed by atoms with van der Waals surface area (Å²) < 4.78 is 7.34. The number of anilines is 2. The molecule has 180 valence electrons. The maximum Gasteiger partial charge on any atom is 0.266 e. The molecule has 37 heavy (non-hydrogen) atoms. The number of rotatable bonds is 6. The first-order chi connectivity index (χ1) is 18.2. The van der Waals surface area contributed by atoms with E-state index in [0.717, 1.165) is 27.4 Å². The number of hydrogen-bond donors (Lipinski definition) is 0. The molecule has 0 unspecified atom stereocenters. The van der Waals surface area contributed by atoms with Gasteiger partial charge in [-0.1, -0.05) is 78.6 Å². The summed E-state index contributed by atoms with van der Waals surface area (Å²) in [5.74, 6) is 1.13. The fourth-order valence-corrected chi connectivity index (χ4v) is 5.42. The van der Waals surface area contributed by atoms with Crippen LogP contribution in [0.3, 0.4) is 0 Å². The van der Waals surface area contributed by atoms with E-state index >= 15 is 0 Å². The predicted octanol–water partition coefficient (Wildman–Crippen LogP) is 7.36. The fraction of sp³-hybridized carbons (Fsp3) is 0.0333. The van der Waals surface area contributed by atoms with Gasteiger partial charge in [0.15, 0.2) is 11.0 Å². The number of benzene rings is 3. The highest BCUT2D eigenvalue weighted by atomic mass is 32.1. The average molecular weight is 503 g/mol. The van der Waals surface area contributed by atoms with Crippen LogP contribution in [-0.2, 0) is 0 Å². The number of aryl methyl sites for hydroxylation is 1. The summed E-state index contributed by atoms with van der Waals surface area (Å²) >= 11 is 1.43. The van der Waals surface area contributed by atoms with Crippen LogP contribution in [0.15, 0.2) is 119 Å². The minimum absolute atomic E-state index is 0.129. The van der Waals surface area contributed by atoms with E-state index in [1.54, 1.807) is 21.9 Å². The minimum Gasteiger partial charge on any atom is -0.448 e. The Kier molecular flexibility index (Phi) is 5.75. The van der Waals surface area contributed by atoms with E-state index < -0.39 is 0 Å². The normalized spacial score (nSPS) is 11.1. The zero-order valence-corrected chi connectivity index (χ0v) is 20.9. The molecule has 0 saturated carbocycles. The second-order valence-corrected chi connectivity index (χ2v) is 9.40. The lowest BCUT2D eigenvalue weighted by Gasteiger charge is -2.15. The quantitative estimate of drug-likeness (QED) is 0.238. The lowest BCUT2D eigenvalue weighted by molar-refractivity contribution is 0.573. The van der Waals surface area contributed by atoms with Crippen LogP contribution in [0.1, 0.15) is 5.56 Å². The van der Waals surface area contributed by atoms with Crippen molar-refractivity contribution in [2.75, 3.05) is 4.90 Å². The molecule has 0 fully saturated rings. The van der Waals surface area contributed by atoms with E-state index in [1.165, 1.54) is 11.3 Å². The SMILES string of the molecule is C=CN(c1ccco1)c1nc(-c2ccccc2)c(-c2nc3ccccc3c(=O)n2-c2ccccc2C)s1. The second-order valence-electron chi connectivity index (χ2n) is 8.42. The molecule has 0 aliphatic carbocycles. The maximum atomic E-state index is 14.0. The number of fused-ring (bicyclic) bond motifs is 1. The highest BCUT2D eigenvalue weighted by Crippen LogP contribution is 2.42. The summed E-state index contributed by atoms with van der Waals surface area (Å²) in [5, 5.41) is 1.21. The molecule has 0 atom stereocenters. The van der Waals surface area contributed by atoms with Gasteiger partial charge in [0.05, 0.1) is 28.5 Å². The van der Waals surface area contributed by atoms with Crippen molar-refractivity contribution in [3.05, 3.63) is 126 Å².